The Labute approximate surface area is 118 Å². The van der Waals surface area contributed by atoms with E-state index in [-0.39, 0.29) is 11.4 Å². The molecule has 4 nitrogen and oxygen atoms in total. The van der Waals surface area contributed by atoms with Crippen molar-refractivity contribution in [1.82, 2.24) is 10.6 Å². The van der Waals surface area contributed by atoms with Gasteiger partial charge in [0.15, 0.2) is 0 Å². The largest absolute Gasteiger partial charge is 0.381 e. The summed E-state index contributed by atoms with van der Waals surface area (Å²) in [6, 6.07) is 0. The Bertz CT molecular complexity index is 252. The predicted octanol–water partition coefficient (Wildman–Crippen LogP) is 2.33. The first-order chi connectivity index (χ1) is 8.60. The third-order valence-electron chi connectivity index (χ3n) is 2.57. The standard InChI is InChI=1S/C15H32N2O2/c1-14(2,3)8-12-19-11-7-13(18)16-9-10-17-15(4,5)6/h17H,7-12H2,1-6H3,(H,16,18). The number of amides is 1. The minimum absolute atomic E-state index is 0.0615. The van der Waals surface area contributed by atoms with Gasteiger partial charge in [0, 0.05) is 31.7 Å². The Morgan fingerprint density at radius 1 is 1.00 bits per heavy atom. The van der Waals surface area contributed by atoms with Gasteiger partial charge in [-0.15, -0.1) is 0 Å². The molecule has 0 atom stereocenters. The highest BCUT2D eigenvalue weighted by Crippen LogP contribution is 2.17. The molecule has 0 radical (unpaired) electrons. The van der Waals surface area contributed by atoms with E-state index < -0.39 is 0 Å². The van der Waals surface area contributed by atoms with Gasteiger partial charge in [0.1, 0.15) is 0 Å². The van der Waals surface area contributed by atoms with E-state index in [0.29, 0.717) is 25.0 Å². The lowest BCUT2D eigenvalue weighted by Crippen LogP contribution is -2.41. The highest BCUT2D eigenvalue weighted by Gasteiger charge is 2.10. The molecule has 0 aromatic heterocycles. The second kappa shape index (κ2) is 8.54. The Morgan fingerprint density at radius 2 is 1.63 bits per heavy atom. The van der Waals surface area contributed by atoms with Gasteiger partial charge in [-0.1, -0.05) is 20.8 Å². The molecular formula is C15H32N2O2. The molecular weight excluding hydrogens is 240 g/mol. The molecule has 0 aromatic rings. The normalized spacial score (nSPS) is 12.5. The number of hydrogen-bond acceptors (Lipinski definition) is 3. The number of hydrogen-bond donors (Lipinski definition) is 2. The maximum atomic E-state index is 11.5. The zero-order valence-corrected chi connectivity index (χ0v) is 13.6. The summed E-state index contributed by atoms with van der Waals surface area (Å²) in [6.07, 6.45) is 1.46. The maximum absolute atomic E-state index is 11.5. The van der Waals surface area contributed by atoms with E-state index in [4.69, 9.17) is 4.74 Å². The summed E-state index contributed by atoms with van der Waals surface area (Å²) in [6.45, 7) is 15.6. The van der Waals surface area contributed by atoms with Gasteiger partial charge in [0.25, 0.3) is 0 Å². The van der Waals surface area contributed by atoms with Gasteiger partial charge in [-0.2, -0.15) is 0 Å². The highest BCUT2D eigenvalue weighted by molar-refractivity contribution is 5.75. The van der Waals surface area contributed by atoms with Crippen LogP contribution in [0.3, 0.4) is 0 Å². The first kappa shape index (κ1) is 18.4. The molecule has 0 rings (SSSR count). The number of rotatable bonds is 8. The van der Waals surface area contributed by atoms with Crippen LogP contribution in [0.5, 0.6) is 0 Å². The summed E-state index contributed by atoms with van der Waals surface area (Å²) in [5, 5.41) is 6.21. The molecule has 19 heavy (non-hydrogen) atoms. The molecule has 0 aliphatic heterocycles. The van der Waals surface area contributed by atoms with Crippen molar-refractivity contribution in [3.8, 4) is 0 Å². The molecule has 4 heteroatoms. The maximum Gasteiger partial charge on any atom is 0.222 e. The molecule has 2 N–H and O–H groups in total. The van der Waals surface area contributed by atoms with E-state index in [1.807, 2.05) is 0 Å². The van der Waals surface area contributed by atoms with Crippen LogP contribution < -0.4 is 10.6 Å². The lowest BCUT2D eigenvalue weighted by Gasteiger charge is -2.20. The fourth-order valence-electron chi connectivity index (χ4n) is 1.37. The van der Waals surface area contributed by atoms with Crippen LogP contribution in [0, 0.1) is 5.41 Å². The van der Waals surface area contributed by atoms with Crippen LogP contribution in [0.25, 0.3) is 0 Å². The van der Waals surface area contributed by atoms with E-state index in [1.165, 1.54) is 0 Å². The van der Waals surface area contributed by atoms with E-state index >= 15 is 0 Å². The third-order valence-corrected chi connectivity index (χ3v) is 2.57. The average Bonchev–Trinajstić information content (AvgIpc) is 2.21. The molecule has 0 aliphatic rings. The molecule has 0 spiro atoms. The molecule has 0 unspecified atom stereocenters. The summed E-state index contributed by atoms with van der Waals surface area (Å²) in [5.74, 6) is 0.0615. The van der Waals surface area contributed by atoms with Crippen molar-refractivity contribution in [2.45, 2.75) is 59.9 Å². The number of ether oxygens (including phenoxy) is 1. The van der Waals surface area contributed by atoms with E-state index in [0.717, 1.165) is 19.6 Å². The van der Waals surface area contributed by atoms with Gasteiger partial charge < -0.3 is 15.4 Å². The zero-order chi connectivity index (χ0) is 14.9. The SMILES string of the molecule is CC(C)(C)CCOCCC(=O)NCCNC(C)(C)C. The Morgan fingerprint density at radius 3 is 2.16 bits per heavy atom. The fourth-order valence-corrected chi connectivity index (χ4v) is 1.37. The third kappa shape index (κ3) is 15.3. The number of carbonyl (C=O) groups is 1. The van der Waals surface area contributed by atoms with Crippen LogP contribution >= 0.6 is 0 Å². The zero-order valence-electron chi connectivity index (χ0n) is 13.6. The van der Waals surface area contributed by atoms with E-state index in [9.17, 15) is 4.79 Å². The van der Waals surface area contributed by atoms with Crippen LogP contribution in [0.15, 0.2) is 0 Å². The summed E-state index contributed by atoms with van der Waals surface area (Å²) < 4.78 is 5.46. The van der Waals surface area contributed by atoms with Crippen LogP contribution in [0.2, 0.25) is 0 Å². The van der Waals surface area contributed by atoms with E-state index in [2.05, 4.69) is 52.2 Å². The Hall–Kier alpha value is -0.610. The molecule has 0 bridgehead atoms. The molecule has 0 aromatic carbocycles. The fraction of sp³-hybridized carbons (Fsp3) is 0.933. The molecule has 0 aliphatic carbocycles. The van der Waals surface area contributed by atoms with Crippen molar-refractivity contribution in [3.05, 3.63) is 0 Å². The molecule has 0 saturated heterocycles. The van der Waals surface area contributed by atoms with Gasteiger partial charge in [-0.25, -0.2) is 0 Å². The molecule has 1 amide bonds. The minimum Gasteiger partial charge on any atom is -0.381 e. The average molecular weight is 272 g/mol. The van der Waals surface area contributed by atoms with Gasteiger partial charge in [0.05, 0.1) is 6.61 Å². The molecule has 0 heterocycles. The van der Waals surface area contributed by atoms with Crippen molar-refractivity contribution in [2.75, 3.05) is 26.3 Å². The molecule has 114 valence electrons. The van der Waals surface area contributed by atoms with Crippen molar-refractivity contribution in [3.63, 3.8) is 0 Å². The summed E-state index contributed by atoms with van der Waals surface area (Å²) in [4.78, 5) is 11.5. The van der Waals surface area contributed by atoms with Gasteiger partial charge in [-0.05, 0) is 32.6 Å². The monoisotopic (exact) mass is 272 g/mol. The summed E-state index contributed by atoms with van der Waals surface area (Å²) >= 11 is 0. The molecule has 0 fully saturated rings. The van der Waals surface area contributed by atoms with Crippen LogP contribution in [-0.2, 0) is 9.53 Å². The Balaban J connectivity index is 3.41. The second-order valence-electron chi connectivity index (χ2n) is 7.20. The highest BCUT2D eigenvalue weighted by atomic mass is 16.5. The van der Waals surface area contributed by atoms with Crippen LogP contribution in [-0.4, -0.2) is 37.7 Å². The van der Waals surface area contributed by atoms with Gasteiger partial charge in [-0.3, -0.25) is 4.79 Å². The van der Waals surface area contributed by atoms with Crippen molar-refractivity contribution >= 4 is 5.91 Å². The van der Waals surface area contributed by atoms with Crippen LogP contribution in [0.4, 0.5) is 0 Å². The van der Waals surface area contributed by atoms with Crippen molar-refractivity contribution in [1.29, 1.82) is 0 Å². The van der Waals surface area contributed by atoms with Crippen molar-refractivity contribution in [2.24, 2.45) is 5.41 Å². The first-order valence-electron chi connectivity index (χ1n) is 7.20. The summed E-state index contributed by atoms with van der Waals surface area (Å²) in [5.41, 5.74) is 0.391. The smallest absolute Gasteiger partial charge is 0.222 e. The minimum atomic E-state index is 0.0615. The summed E-state index contributed by atoms with van der Waals surface area (Å²) in [7, 11) is 0. The van der Waals surface area contributed by atoms with E-state index in [1.54, 1.807) is 0 Å². The van der Waals surface area contributed by atoms with Crippen LogP contribution in [0.1, 0.15) is 54.4 Å². The van der Waals surface area contributed by atoms with Crippen molar-refractivity contribution < 1.29 is 9.53 Å². The lowest BCUT2D eigenvalue weighted by atomic mass is 9.93. The Kier molecular flexibility index (Phi) is 8.26. The quantitative estimate of drug-likeness (QED) is 0.667. The van der Waals surface area contributed by atoms with Gasteiger partial charge in [0.2, 0.25) is 5.91 Å². The van der Waals surface area contributed by atoms with Gasteiger partial charge >= 0.3 is 0 Å². The predicted molar refractivity (Wildman–Crippen MR) is 80.3 cm³/mol. The molecule has 0 saturated carbocycles. The first-order valence-corrected chi connectivity index (χ1v) is 7.20. The number of nitrogens with one attached hydrogen (secondary N) is 2. The number of carbonyl (C=O) groups excluding carboxylic acids is 1. The second-order valence-corrected chi connectivity index (χ2v) is 7.20. The lowest BCUT2D eigenvalue weighted by molar-refractivity contribution is -0.122. The topological polar surface area (TPSA) is 50.4 Å².